The van der Waals surface area contributed by atoms with Crippen molar-refractivity contribution < 1.29 is 14.3 Å². The molecule has 22 heavy (non-hydrogen) atoms. The van der Waals surface area contributed by atoms with Crippen molar-refractivity contribution in [1.29, 1.82) is 0 Å². The van der Waals surface area contributed by atoms with Crippen molar-refractivity contribution >= 4 is 28.9 Å². The van der Waals surface area contributed by atoms with Crippen LogP contribution in [0, 0.1) is 24.0 Å². The van der Waals surface area contributed by atoms with Gasteiger partial charge in [0.2, 0.25) is 6.54 Å². The first-order valence-electron chi connectivity index (χ1n) is 6.58. The summed E-state index contributed by atoms with van der Waals surface area (Å²) in [5, 5.41) is 13.8. The van der Waals surface area contributed by atoms with Gasteiger partial charge in [0.25, 0.3) is 11.6 Å². The maximum atomic E-state index is 12.1. The standard InChI is InChI=1S/C15H14ClN3O3/c1-10-4-3-7-18(11(10)2)9-15(20)17-13-8-12(16)5-6-14(13)19(21)22/h3-8H,9H2,1-2H3/p+1. The zero-order valence-corrected chi connectivity index (χ0v) is 12.9. The SMILES string of the molecule is Cc1ccc[n+](CC(=O)Nc2cc(Cl)ccc2[N+](=O)[O-])c1C. The van der Waals surface area contributed by atoms with E-state index in [1.54, 1.807) is 10.8 Å². The molecule has 114 valence electrons. The Balaban J connectivity index is 2.21. The second-order valence-electron chi connectivity index (χ2n) is 4.87. The zero-order valence-electron chi connectivity index (χ0n) is 12.2. The Kier molecular flexibility index (Phi) is 4.72. The van der Waals surface area contributed by atoms with Crippen LogP contribution in [0.4, 0.5) is 11.4 Å². The number of rotatable bonds is 4. The third-order valence-corrected chi connectivity index (χ3v) is 3.59. The lowest BCUT2D eigenvalue weighted by molar-refractivity contribution is -0.690. The summed E-state index contributed by atoms with van der Waals surface area (Å²) in [7, 11) is 0. The van der Waals surface area contributed by atoms with Gasteiger partial charge in [-0.25, -0.2) is 0 Å². The highest BCUT2D eigenvalue weighted by atomic mass is 35.5. The normalized spacial score (nSPS) is 10.3. The van der Waals surface area contributed by atoms with E-state index in [2.05, 4.69) is 5.32 Å². The van der Waals surface area contributed by atoms with E-state index in [9.17, 15) is 14.9 Å². The van der Waals surface area contributed by atoms with Gasteiger partial charge in [0, 0.05) is 29.6 Å². The lowest BCUT2D eigenvalue weighted by Gasteiger charge is -2.06. The van der Waals surface area contributed by atoms with Crippen LogP contribution in [-0.2, 0) is 11.3 Å². The average molecular weight is 321 g/mol. The number of hydrogen-bond donors (Lipinski definition) is 1. The summed E-state index contributed by atoms with van der Waals surface area (Å²) in [5.41, 5.74) is 1.92. The summed E-state index contributed by atoms with van der Waals surface area (Å²) in [6, 6.07) is 7.84. The second kappa shape index (κ2) is 6.53. The van der Waals surface area contributed by atoms with Crippen LogP contribution in [0.3, 0.4) is 0 Å². The predicted molar refractivity (Wildman–Crippen MR) is 82.8 cm³/mol. The molecule has 0 unspecified atom stereocenters. The van der Waals surface area contributed by atoms with E-state index >= 15 is 0 Å². The molecule has 0 atom stereocenters. The molecule has 0 aliphatic heterocycles. The molecule has 1 amide bonds. The third-order valence-electron chi connectivity index (χ3n) is 3.36. The van der Waals surface area contributed by atoms with Crippen molar-refractivity contribution in [3.05, 3.63) is 62.9 Å². The molecule has 7 heteroatoms. The van der Waals surface area contributed by atoms with Crippen LogP contribution in [0.25, 0.3) is 0 Å². The Hall–Kier alpha value is -2.47. The average Bonchev–Trinajstić information content (AvgIpc) is 2.43. The van der Waals surface area contributed by atoms with Gasteiger partial charge < -0.3 is 5.32 Å². The Morgan fingerprint density at radius 2 is 2.09 bits per heavy atom. The van der Waals surface area contributed by atoms with Gasteiger partial charge in [-0.05, 0) is 25.1 Å². The van der Waals surface area contributed by atoms with Crippen LogP contribution in [-0.4, -0.2) is 10.8 Å². The van der Waals surface area contributed by atoms with Gasteiger partial charge in [0.15, 0.2) is 11.9 Å². The van der Waals surface area contributed by atoms with E-state index in [-0.39, 0.29) is 23.8 Å². The number of hydrogen-bond acceptors (Lipinski definition) is 3. The van der Waals surface area contributed by atoms with E-state index < -0.39 is 4.92 Å². The highest BCUT2D eigenvalue weighted by Crippen LogP contribution is 2.27. The van der Waals surface area contributed by atoms with E-state index in [0.29, 0.717) is 5.02 Å². The number of nitro groups is 1. The minimum absolute atomic E-state index is 0.0666. The number of nitrogens with zero attached hydrogens (tertiary/aromatic N) is 2. The highest BCUT2D eigenvalue weighted by molar-refractivity contribution is 6.31. The molecule has 1 N–H and O–H groups in total. The van der Waals surface area contributed by atoms with Crippen molar-refractivity contribution in [3.8, 4) is 0 Å². The van der Waals surface area contributed by atoms with E-state index in [1.165, 1.54) is 18.2 Å². The molecule has 0 aliphatic rings. The Bertz CT molecular complexity index is 747. The smallest absolute Gasteiger partial charge is 0.292 e. The predicted octanol–water partition coefficient (Wildman–Crippen LogP) is 2.79. The van der Waals surface area contributed by atoms with Crippen molar-refractivity contribution in [1.82, 2.24) is 0 Å². The van der Waals surface area contributed by atoms with Gasteiger partial charge in [-0.2, -0.15) is 4.57 Å². The van der Waals surface area contributed by atoms with Crippen LogP contribution in [0.15, 0.2) is 36.5 Å². The van der Waals surface area contributed by atoms with E-state index in [4.69, 9.17) is 11.6 Å². The van der Waals surface area contributed by atoms with Crippen LogP contribution in [0.2, 0.25) is 5.02 Å². The maximum Gasteiger partial charge on any atom is 0.292 e. The summed E-state index contributed by atoms with van der Waals surface area (Å²) in [5.74, 6) is -0.357. The summed E-state index contributed by atoms with van der Waals surface area (Å²) >= 11 is 5.83. The fourth-order valence-corrected chi connectivity index (χ4v) is 2.21. The van der Waals surface area contributed by atoms with Crippen molar-refractivity contribution in [2.75, 3.05) is 5.32 Å². The number of carbonyl (C=O) groups is 1. The first-order valence-corrected chi connectivity index (χ1v) is 6.95. The summed E-state index contributed by atoms with van der Waals surface area (Å²) in [6.45, 7) is 3.92. The first-order chi connectivity index (χ1) is 10.4. The zero-order chi connectivity index (χ0) is 16.3. The second-order valence-corrected chi connectivity index (χ2v) is 5.31. The van der Waals surface area contributed by atoms with Crippen molar-refractivity contribution in [2.45, 2.75) is 20.4 Å². The molecule has 1 heterocycles. The topological polar surface area (TPSA) is 76.1 Å². The van der Waals surface area contributed by atoms with Gasteiger partial charge >= 0.3 is 0 Å². The fourth-order valence-electron chi connectivity index (χ4n) is 2.03. The van der Waals surface area contributed by atoms with E-state index in [1.807, 2.05) is 26.0 Å². The Morgan fingerprint density at radius 1 is 1.36 bits per heavy atom. The number of pyridine rings is 1. The summed E-state index contributed by atoms with van der Waals surface area (Å²) in [6.07, 6.45) is 1.79. The molecular weight excluding hydrogens is 306 g/mol. The molecule has 0 fully saturated rings. The molecule has 0 radical (unpaired) electrons. The molecular formula is C15H15ClN3O3+. The van der Waals surface area contributed by atoms with Crippen LogP contribution in [0.5, 0.6) is 0 Å². The number of benzene rings is 1. The molecule has 6 nitrogen and oxygen atoms in total. The molecule has 0 aliphatic carbocycles. The lowest BCUT2D eigenvalue weighted by Crippen LogP contribution is -2.43. The van der Waals surface area contributed by atoms with Gasteiger partial charge in [0.05, 0.1) is 4.92 Å². The van der Waals surface area contributed by atoms with Crippen LogP contribution in [0.1, 0.15) is 11.3 Å². The van der Waals surface area contributed by atoms with Gasteiger partial charge in [-0.1, -0.05) is 11.6 Å². The molecule has 0 spiro atoms. The minimum atomic E-state index is -0.559. The quantitative estimate of drug-likeness (QED) is 0.534. The maximum absolute atomic E-state index is 12.1. The number of amides is 1. The number of halogens is 1. The number of aromatic nitrogens is 1. The van der Waals surface area contributed by atoms with Gasteiger partial charge in [-0.3, -0.25) is 14.9 Å². The molecule has 1 aromatic carbocycles. The number of anilines is 1. The van der Waals surface area contributed by atoms with Crippen LogP contribution >= 0.6 is 11.6 Å². The van der Waals surface area contributed by atoms with Crippen LogP contribution < -0.4 is 9.88 Å². The lowest BCUT2D eigenvalue weighted by atomic mass is 10.2. The molecule has 0 saturated heterocycles. The largest absolute Gasteiger partial charge is 0.315 e. The number of carbonyl (C=O) groups excluding carboxylic acids is 1. The highest BCUT2D eigenvalue weighted by Gasteiger charge is 2.19. The number of aryl methyl sites for hydroxylation is 1. The van der Waals surface area contributed by atoms with Gasteiger partial charge in [0.1, 0.15) is 5.69 Å². The first kappa shape index (κ1) is 15.9. The van der Waals surface area contributed by atoms with Gasteiger partial charge in [-0.15, -0.1) is 0 Å². The van der Waals surface area contributed by atoms with E-state index in [0.717, 1.165) is 11.3 Å². The monoisotopic (exact) mass is 320 g/mol. The molecule has 0 saturated carbocycles. The molecule has 1 aromatic heterocycles. The molecule has 0 bridgehead atoms. The van der Waals surface area contributed by atoms with Crippen molar-refractivity contribution in [3.63, 3.8) is 0 Å². The minimum Gasteiger partial charge on any atom is -0.315 e. The number of nitro benzene ring substituents is 1. The third kappa shape index (κ3) is 3.59. The Morgan fingerprint density at radius 3 is 2.77 bits per heavy atom. The summed E-state index contributed by atoms with van der Waals surface area (Å²) < 4.78 is 1.78. The summed E-state index contributed by atoms with van der Waals surface area (Å²) in [4.78, 5) is 22.6. The fraction of sp³-hybridized carbons (Fsp3) is 0.200. The Labute approximate surface area is 132 Å². The molecule has 2 rings (SSSR count). The van der Waals surface area contributed by atoms with Crippen molar-refractivity contribution in [2.24, 2.45) is 0 Å². The number of nitrogens with one attached hydrogen (secondary N) is 1. The molecule has 2 aromatic rings.